The minimum atomic E-state index is -0.382. The van der Waals surface area contributed by atoms with Crippen molar-refractivity contribution in [3.05, 3.63) is 35.6 Å². The number of aliphatic hydroxyl groups is 1. The fourth-order valence-electron chi connectivity index (χ4n) is 2.86. The van der Waals surface area contributed by atoms with Crippen LogP contribution in [0.2, 0.25) is 0 Å². The predicted octanol–water partition coefficient (Wildman–Crippen LogP) is 2.63. The number of Topliss-reactive ketones (excluding diaryl/α,β-unsaturated/α-hetero) is 1. The van der Waals surface area contributed by atoms with Gasteiger partial charge in [0.05, 0.1) is 6.10 Å². The van der Waals surface area contributed by atoms with Crippen molar-refractivity contribution in [1.82, 2.24) is 4.90 Å². The van der Waals surface area contributed by atoms with Gasteiger partial charge in [-0.3, -0.25) is 4.79 Å². The summed E-state index contributed by atoms with van der Waals surface area (Å²) in [5, 5.41) is 9.98. The van der Waals surface area contributed by atoms with E-state index in [4.69, 9.17) is 0 Å². The first-order valence-electron chi connectivity index (χ1n) is 7.25. The maximum absolute atomic E-state index is 13.1. The largest absolute Gasteiger partial charge is 0.391 e. The Balaban J connectivity index is 1.86. The smallest absolute Gasteiger partial charge is 0.164 e. The van der Waals surface area contributed by atoms with Gasteiger partial charge in [-0.2, -0.15) is 0 Å². The molecule has 0 saturated heterocycles. The quantitative estimate of drug-likeness (QED) is 0.842. The number of nitrogens with zero attached hydrogens (tertiary/aromatic N) is 1. The number of benzene rings is 1. The molecule has 0 bridgehead atoms. The van der Waals surface area contributed by atoms with Crippen molar-refractivity contribution in [3.8, 4) is 0 Å². The molecule has 0 aliphatic heterocycles. The summed E-state index contributed by atoms with van der Waals surface area (Å²) in [6.07, 6.45) is 4.08. The molecule has 1 aliphatic rings. The lowest BCUT2D eigenvalue weighted by atomic mass is 9.91. The lowest BCUT2D eigenvalue weighted by Gasteiger charge is -2.35. The van der Waals surface area contributed by atoms with Gasteiger partial charge in [0.1, 0.15) is 5.82 Å². The molecule has 1 aromatic carbocycles. The fraction of sp³-hybridized carbons (Fsp3) is 0.562. The Morgan fingerprint density at radius 2 is 2.15 bits per heavy atom. The Kier molecular flexibility index (Phi) is 5.26. The SMILES string of the molecule is CN(CCC(=O)c1cccc(F)c1)C1CCCCC1O. The normalized spacial score (nSPS) is 23.0. The molecule has 3 nitrogen and oxygen atoms in total. The standard InChI is InChI=1S/C16H22FNO2/c1-18(14-7-2-3-8-16(14)20)10-9-15(19)12-5-4-6-13(17)11-12/h4-6,11,14,16,20H,2-3,7-10H2,1H3. The van der Waals surface area contributed by atoms with E-state index in [0.29, 0.717) is 18.5 Å². The molecule has 0 aromatic heterocycles. The third-order valence-corrected chi connectivity index (χ3v) is 4.10. The van der Waals surface area contributed by atoms with Crippen LogP contribution in [-0.4, -0.2) is 41.5 Å². The molecule has 0 heterocycles. The minimum absolute atomic E-state index is 0.0540. The monoisotopic (exact) mass is 279 g/mol. The van der Waals surface area contributed by atoms with E-state index < -0.39 is 0 Å². The molecule has 0 amide bonds. The second-order valence-electron chi connectivity index (χ2n) is 5.58. The van der Waals surface area contributed by atoms with Gasteiger partial charge in [-0.1, -0.05) is 25.0 Å². The van der Waals surface area contributed by atoms with Crippen molar-refractivity contribution in [3.63, 3.8) is 0 Å². The second kappa shape index (κ2) is 6.95. The second-order valence-corrected chi connectivity index (χ2v) is 5.58. The zero-order valence-electron chi connectivity index (χ0n) is 11.9. The minimum Gasteiger partial charge on any atom is -0.391 e. The van der Waals surface area contributed by atoms with E-state index in [-0.39, 0.29) is 23.7 Å². The van der Waals surface area contributed by atoms with Crippen LogP contribution in [0.4, 0.5) is 4.39 Å². The average molecular weight is 279 g/mol. The van der Waals surface area contributed by atoms with Gasteiger partial charge in [-0.25, -0.2) is 4.39 Å². The summed E-state index contributed by atoms with van der Waals surface area (Å²) in [6, 6.07) is 5.95. The van der Waals surface area contributed by atoms with Crippen molar-refractivity contribution >= 4 is 5.78 Å². The van der Waals surface area contributed by atoms with Crippen molar-refractivity contribution in [2.75, 3.05) is 13.6 Å². The highest BCUT2D eigenvalue weighted by Crippen LogP contribution is 2.22. The van der Waals surface area contributed by atoms with E-state index in [2.05, 4.69) is 4.90 Å². The topological polar surface area (TPSA) is 40.5 Å². The molecule has 2 rings (SSSR count). The van der Waals surface area contributed by atoms with E-state index in [1.54, 1.807) is 12.1 Å². The lowest BCUT2D eigenvalue weighted by Crippen LogP contribution is -2.44. The molecule has 1 aliphatic carbocycles. The van der Waals surface area contributed by atoms with Crippen molar-refractivity contribution in [2.24, 2.45) is 0 Å². The zero-order chi connectivity index (χ0) is 14.5. The Labute approximate surface area is 119 Å². The van der Waals surface area contributed by atoms with Gasteiger partial charge in [-0.15, -0.1) is 0 Å². The van der Waals surface area contributed by atoms with Crippen LogP contribution in [0.1, 0.15) is 42.5 Å². The molecule has 2 atom stereocenters. The van der Waals surface area contributed by atoms with Gasteiger partial charge < -0.3 is 10.0 Å². The number of carbonyl (C=O) groups is 1. The van der Waals surface area contributed by atoms with Gasteiger partial charge in [0.15, 0.2) is 5.78 Å². The van der Waals surface area contributed by atoms with E-state index in [9.17, 15) is 14.3 Å². The predicted molar refractivity (Wildman–Crippen MR) is 76.2 cm³/mol. The first-order valence-corrected chi connectivity index (χ1v) is 7.25. The van der Waals surface area contributed by atoms with Crippen LogP contribution in [0, 0.1) is 5.82 Å². The average Bonchev–Trinajstić information content (AvgIpc) is 2.45. The number of hydrogen-bond donors (Lipinski definition) is 1. The van der Waals surface area contributed by atoms with Crippen LogP contribution in [0.5, 0.6) is 0 Å². The first kappa shape index (κ1) is 15.1. The third-order valence-electron chi connectivity index (χ3n) is 4.10. The molecular formula is C16H22FNO2. The molecular weight excluding hydrogens is 257 g/mol. The van der Waals surface area contributed by atoms with Crippen LogP contribution in [0.15, 0.2) is 24.3 Å². The first-order chi connectivity index (χ1) is 9.58. The number of rotatable bonds is 5. The summed E-state index contributed by atoms with van der Waals surface area (Å²) in [7, 11) is 1.94. The fourth-order valence-corrected chi connectivity index (χ4v) is 2.86. The summed E-state index contributed by atoms with van der Waals surface area (Å²) < 4.78 is 13.1. The van der Waals surface area contributed by atoms with Gasteiger partial charge in [-0.05, 0) is 32.0 Å². The Hall–Kier alpha value is -1.26. The maximum atomic E-state index is 13.1. The summed E-state index contributed by atoms with van der Waals surface area (Å²) in [4.78, 5) is 14.1. The molecule has 1 fully saturated rings. The Morgan fingerprint density at radius 3 is 2.85 bits per heavy atom. The third kappa shape index (κ3) is 3.87. The number of aliphatic hydroxyl groups excluding tert-OH is 1. The molecule has 0 spiro atoms. The van der Waals surface area contributed by atoms with Crippen LogP contribution < -0.4 is 0 Å². The summed E-state index contributed by atoms with van der Waals surface area (Å²) >= 11 is 0. The summed E-state index contributed by atoms with van der Waals surface area (Å²) in [5.74, 6) is -0.437. The van der Waals surface area contributed by atoms with Crippen molar-refractivity contribution in [2.45, 2.75) is 44.2 Å². The number of hydrogen-bond acceptors (Lipinski definition) is 3. The number of ketones is 1. The maximum Gasteiger partial charge on any atom is 0.164 e. The molecule has 2 unspecified atom stereocenters. The highest BCUT2D eigenvalue weighted by atomic mass is 19.1. The molecule has 20 heavy (non-hydrogen) atoms. The molecule has 1 aromatic rings. The molecule has 0 radical (unpaired) electrons. The van der Waals surface area contributed by atoms with E-state index in [1.807, 2.05) is 7.05 Å². The molecule has 1 N–H and O–H groups in total. The number of likely N-dealkylation sites (N-methyl/N-ethyl adjacent to an activating group) is 1. The van der Waals surface area contributed by atoms with Crippen LogP contribution >= 0.6 is 0 Å². The summed E-state index contributed by atoms with van der Waals surface area (Å²) in [5.41, 5.74) is 0.419. The number of halogens is 1. The van der Waals surface area contributed by atoms with Gasteiger partial charge in [0.25, 0.3) is 0 Å². The molecule has 4 heteroatoms. The Bertz CT molecular complexity index is 464. The van der Waals surface area contributed by atoms with Gasteiger partial charge >= 0.3 is 0 Å². The highest BCUT2D eigenvalue weighted by Gasteiger charge is 2.26. The van der Waals surface area contributed by atoms with E-state index >= 15 is 0 Å². The van der Waals surface area contributed by atoms with Gasteiger partial charge in [0.2, 0.25) is 0 Å². The number of carbonyl (C=O) groups excluding carboxylic acids is 1. The zero-order valence-corrected chi connectivity index (χ0v) is 11.9. The summed E-state index contributed by atoms with van der Waals surface area (Å²) in [6.45, 7) is 0.594. The van der Waals surface area contributed by atoms with Gasteiger partial charge in [0, 0.05) is 24.6 Å². The molecule has 110 valence electrons. The van der Waals surface area contributed by atoms with Crippen molar-refractivity contribution < 1.29 is 14.3 Å². The van der Waals surface area contributed by atoms with E-state index in [1.165, 1.54) is 12.1 Å². The molecule has 1 saturated carbocycles. The Morgan fingerprint density at radius 1 is 1.40 bits per heavy atom. The van der Waals surface area contributed by atoms with E-state index in [0.717, 1.165) is 25.7 Å². The lowest BCUT2D eigenvalue weighted by molar-refractivity contribution is 0.0315. The highest BCUT2D eigenvalue weighted by molar-refractivity contribution is 5.96. The van der Waals surface area contributed by atoms with Crippen molar-refractivity contribution in [1.29, 1.82) is 0 Å². The van der Waals surface area contributed by atoms with Crippen LogP contribution in [0.25, 0.3) is 0 Å². The van der Waals surface area contributed by atoms with Crippen LogP contribution in [0.3, 0.4) is 0 Å². The van der Waals surface area contributed by atoms with Crippen LogP contribution in [-0.2, 0) is 0 Å².